The molecule has 4 nitrogen and oxygen atoms in total. The van der Waals surface area contributed by atoms with E-state index in [9.17, 15) is 4.79 Å². The summed E-state index contributed by atoms with van der Waals surface area (Å²) in [6, 6.07) is 0. The van der Waals surface area contributed by atoms with Crippen LogP contribution in [0.15, 0.2) is 0 Å². The average molecular weight is 220 g/mol. The Morgan fingerprint density at radius 2 is 2.00 bits per heavy atom. The van der Waals surface area contributed by atoms with E-state index >= 15 is 0 Å². The molecular weight excluding hydrogens is 213 g/mol. The van der Waals surface area contributed by atoms with Gasteiger partial charge in [0.05, 0.1) is 0 Å². The summed E-state index contributed by atoms with van der Waals surface area (Å²) in [5.41, 5.74) is 0.0988. The van der Waals surface area contributed by atoms with Crippen molar-refractivity contribution in [3.63, 3.8) is 0 Å². The van der Waals surface area contributed by atoms with Crippen LogP contribution in [0.4, 0.5) is 0 Å². The molecule has 0 aromatic carbocycles. The van der Waals surface area contributed by atoms with Gasteiger partial charge >= 0.3 is 0 Å². The fourth-order valence-electron chi connectivity index (χ4n) is 0.794. The standard InChI is InChI=1S/C7H7Cl2N3O/c1-3-11-5(7(13)10-2)4(8)6(9)12-3/h1-2H3,(H,10,13). The van der Waals surface area contributed by atoms with E-state index in [0.717, 1.165) is 0 Å². The highest BCUT2D eigenvalue weighted by Crippen LogP contribution is 2.22. The minimum absolute atomic E-state index is 0.0756. The van der Waals surface area contributed by atoms with E-state index in [1.165, 1.54) is 7.05 Å². The zero-order valence-corrected chi connectivity index (χ0v) is 8.57. The number of rotatable bonds is 1. The van der Waals surface area contributed by atoms with Crippen LogP contribution in [0.5, 0.6) is 0 Å². The van der Waals surface area contributed by atoms with Gasteiger partial charge < -0.3 is 5.32 Å². The van der Waals surface area contributed by atoms with Gasteiger partial charge in [0.15, 0.2) is 10.8 Å². The van der Waals surface area contributed by atoms with Gasteiger partial charge in [0.25, 0.3) is 5.91 Å². The molecule has 0 saturated carbocycles. The lowest BCUT2D eigenvalue weighted by Gasteiger charge is -2.03. The normalized spacial score (nSPS) is 9.85. The Bertz CT molecular complexity index is 354. The molecule has 0 fully saturated rings. The quantitative estimate of drug-likeness (QED) is 0.728. The van der Waals surface area contributed by atoms with E-state index in [2.05, 4.69) is 15.3 Å². The van der Waals surface area contributed by atoms with E-state index in [1.807, 2.05) is 0 Å². The zero-order chi connectivity index (χ0) is 10.0. The number of nitrogens with zero attached hydrogens (tertiary/aromatic N) is 2. The van der Waals surface area contributed by atoms with Gasteiger partial charge in [0.1, 0.15) is 10.8 Å². The maximum Gasteiger partial charge on any atom is 0.271 e. The van der Waals surface area contributed by atoms with Crippen molar-refractivity contribution in [1.82, 2.24) is 15.3 Å². The fraction of sp³-hybridized carbons (Fsp3) is 0.286. The van der Waals surface area contributed by atoms with Gasteiger partial charge in [-0.15, -0.1) is 0 Å². The van der Waals surface area contributed by atoms with Crippen LogP contribution < -0.4 is 5.32 Å². The van der Waals surface area contributed by atoms with E-state index in [1.54, 1.807) is 6.92 Å². The molecule has 0 aliphatic rings. The Kier molecular flexibility index (Phi) is 3.06. The number of aromatic nitrogens is 2. The first kappa shape index (κ1) is 10.2. The van der Waals surface area contributed by atoms with Gasteiger partial charge in [-0.2, -0.15) is 0 Å². The number of amides is 1. The fourth-order valence-corrected chi connectivity index (χ4v) is 1.18. The molecule has 1 N–H and O–H groups in total. The van der Waals surface area contributed by atoms with Crippen LogP contribution in [0.1, 0.15) is 16.3 Å². The lowest BCUT2D eigenvalue weighted by molar-refractivity contribution is 0.0958. The monoisotopic (exact) mass is 219 g/mol. The highest BCUT2D eigenvalue weighted by molar-refractivity contribution is 6.42. The van der Waals surface area contributed by atoms with Crippen LogP contribution >= 0.6 is 23.2 Å². The molecule has 0 aliphatic heterocycles. The summed E-state index contributed by atoms with van der Waals surface area (Å²) < 4.78 is 0. The number of aryl methyl sites for hydroxylation is 1. The molecule has 1 heterocycles. The highest BCUT2D eigenvalue weighted by Gasteiger charge is 2.14. The second-order valence-electron chi connectivity index (χ2n) is 2.30. The van der Waals surface area contributed by atoms with Crippen LogP contribution in [0.3, 0.4) is 0 Å². The predicted molar refractivity (Wildman–Crippen MR) is 50.2 cm³/mol. The summed E-state index contributed by atoms with van der Waals surface area (Å²) in [5, 5.41) is 2.57. The first-order valence-corrected chi connectivity index (χ1v) is 4.23. The Balaban J connectivity index is 3.28. The Morgan fingerprint density at radius 3 is 2.54 bits per heavy atom. The van der Waals surface area contributed by atoms with Crippen molar-refractivity contribution < 1.29 is 4.79 Å². The molecule has 0 saturated heterocycles. The molecule has 0 spiro atoms. The molecule has 1 aromatic heterocycles. The van der Waals surface area contributed by atoms with Crippen LogP contribution in [-0.2, 0) is 0 Å². The summed E-state index contributed by atoms with van der Waals surface area (Å²) in [5.74, 6) is 0.0328. The van der Waals surface area contributed by atoms with Crippen molar-refractivity contribution in [3.05, 3.63) is 21.7 Å². The highest BCUT2D eigenvalue weighted by atomic mass is 35.5. The largest absolute Gasteiger partial charge is 0.354 e. The van der Waals surface area contributed by atoms with E-state index in [0.29, 0.717) is 5.82 Å². The summed E-state index contributed by atoms with van der Waals surface area (Å²) in [7, 11) is 1.49. The zero-order valence-electron chi connectivity index (χ0n) is 7.06. The van der Waals surface area contributed by atoms with Gasteiger partial charge in [-0.3, -0.25) is 4.79 Å². The third kappa shape index (κ3) is 2.08. The molecule has 0 radical (unpaired) electrons. The molecule has 1 rings (SSSR count). The number of carbonyl (C=O) groups excluding carboxylic acids is 1. The van der Waals surface area contributed by atoms with Crippen LogP contribution in [0, 0.1) is 6.92 Å². The number of carbonyl (C=O) groups is 1. The molecule has 6 heteroatoms. The summed E-state index contributed by atoms with van der Waals surface area (Å²) in [6.45, 7) is 1.63. The smallest absolute Gasteiger partial charge is 0.271 e. The number of hydrogen-bond donors (Lipinski definition) is 1. The maximum atomic E-state index is 11.2. The number of hydrogen-bond acceptors (Lipinski definition) is 3. The predicted octanol–water partition coefficient (Wildman–Crippen LogP) is 1.45. The molecule has 1 amide bonds. The maximum absolute atomic E-state index is 11.2. The molecule has 0 aliphatic carbocycles. The molecule has 0 bridgehead atoms. The minimum atomic E-state index is -0.377. The molecule has 13 heavy (non-hydrogen) atoms. The third-order valence-electron chi connectivity index (χ3n) is 1.36. The van der Waals surface area contributed by atoms with Crippen molar-refractivity contribution in [2.24, 2.45) is 0 Å². The van der Waals surface area contributed by atoms with Crippen molar-refractivity contribution >= 4 is 29.1 Å². The molecule has 0 atom stereocenters. The third-order valence-corrected chi connectivity index (χ3v) is 2.09. The second kappa shape index (κ2) is 3.89. The Morgan fingerprint density at radius 1 is 1.38 bits per heavy atom. The van der Waals surface area contributed by atoms with Crippen molar-refractivity contribution in [3.8, 4) is 0 Å². The van der Waals surface area contributed by atoms with E-state index < -0.39 is 0 Å². The lowest BCUT2D eigenvalue weighted by Crippen LogP contribution is -2.20. The van der Waals surface area contributed by atoms with Gasteiger partial charge in [-0.1, -0.05) is 23.2 Å². The lowest BCUT2D eigenvalue weighted by atomic mass is 10.4. The van der Waals surface area contributed by atoms with Gasteiger partial charge in [-0.25, -0.2) is 9.97 Å². The van der Waals surface area contributed by atoms with Crippen LogP contribution in [-0.4, -0.2) is 22.9 Å². The average Bonchev–Trinajstić information content (AvgIpc) is 2.10. The SMILES string of the molecule is CNC(=O)c1nc(C)nc(Cl)c1Cl. The molecule has 0 unspecified atom stereocenters. The van der Waals surface area contributed by atoms with E-state index in [4.69, 9.17) is 23.2 Å². The number of halogens is 2. The molecule has 1 aromatic rings. The van der Waals surface area contributed by atoms with Crippen LogP contribution in [0.25, 0.3) is 0 Å². The summed E-state index contributed by atoms with van der Waals surface area (Å²) >= 11 is 11.4. The summed E-state index contributed by atoms with van der Waals surface area (Å²) in [6.07, 6.45) is 0. The molecule has 70 valence electrons. The van der Waals surface area contributed by atoms with Crippen molar-refractivity contribution in [2.75, 3.05) is 7.05 Å². The Hall–Kier alpha value is -0.870. The second-order valence-corrected chi connectivity index (χ2v) is 3.04. The number of nitrogens with one attached hydrogen (secondary N) is 1. The van der Waals surface area contributed by atoms with Gasteiger partial charge in [0, 0.05) is 7.05 Å². The Labute approximate surface area is 85.3 Å². The molecular formula is C7H7Cl2N3O. The van der Waals surface area contributed by atoms with Crippen LogP contribution in [0.2, 0.25) is 10.2 Å². The van der Waals surface area contributed by atoms with Gasteiger partial charge in [0.2, 0.25) is 0 Å². The van der Waals surface area contributed by atoms with E-state index in [-0.39, 0.29) is 21.8 Å². The van der Waals surface area contributed by atoms with Crippen molar-refractivity contribution in [1.29, 1.82) is 0 Å². The first-order chi connectivity index (χ1) is 6.06. The topological polar surface area (TPSA) is 54.9 Å². The first-order valence-electron chi connectivity index (χ1n) is 3.48. The van der Waals surface area contributed by atoms with Gasteiger partial charge in [-0.05, 0) is 6.92 Å². The summed E-state index contributed by atoms with van der Waals surface area (Å²) in [4.78, 5) is 18.9. The van der Waals surface area contributed by atoms with Crippen molar-refractivity contribution in [2.45, 2.75) is 6.92 Å². The minimum Gasteiger partial charge on any atom is -0.354 e.